The van der Waals surface area contributed by atoms with Crippen LogP contribution in [0.4, 0.5) is 5.69 Å². The summed E-state index contributed by atoms with van der Waals surface area (Å²) in [5, 5.41) is 3.54. The summed E-state index contributed by atoms with van der Waals surface area (Å²) in [6.07, 6.45) is 2.16. The Kier molecular flexibility index (Phi) is 5.04. The third-order valence-electron chi connectivity index (χ3n) is 3.66. The highest BCUT2D eigenvalue weighted by molar-refractivity contribution is 6.31. The van der Waals surface area contributed by atoms with Crippen LogP contribution in [0.1, 0.15) is 16.2 Å². The molecule has 0 aliphatic heterocycles. The Morgan fingerprint density at radius 2 is 1.92 bits per heavy atom. The van der Waals surface area contributed by atoms with Crippen molar-refractivity contribution in [2.75, 3.05) is 19.4 Å². The van der Waals surface area contributed by atoms with Gasteiger partial charge in [-0.1, -0.05) is 11.6 Å². The molecule has 0 saturated carbocycles. The number of rotatable bonds is 5. The van der Waals surface area contributed by atoms with E-state index >= 15 is 0 Å². The minimum absolute atomic E-state index is 0.0780. The Morgan fingerprint density at radius 3 is 2.58 bits per heavy atom. The van der Waals surface area contributed by atoms with Crippen molar-refractivity contribution in [1.82, 2.24) is 9.88 Å². The third-order valence-corrected chi connectivity index (χ3v) is 3.89. The molecule has 0 aliphatic carbocycles. The molecule has 0 saturated heterocycles. The summed E-state index contributed by atoms with van der Waals surface area (Å²) in [6, 6.07) is 12.0. The van der Waals surface area contributed by atoms with Gasteiger partial charge in [-0.2, -0.15) is 0 Å². The maximum absolute atomic E-state index is 11.9. The first-order chi connectivity index (χ1) is 12.5. The molecule has 6 nitrogen and oxygen atoms in total. The second-order valence-electron chi connectivity index (χ2n) is 5.77. The highest BCUT2D eigenvalue weighted by atomic mass is 35.5. The van der Waals surface area contributed by atoms with Crippen molar-refractivity contribution >= 4 is 46.2 Å². The second kappa shape index (κ2) is 7.41. The highest BCUT2D eigenvalue weighted by Crippen LogP contribution is 2.23. The molecule has 1 amide bonds. The number of aldehydes is 1. The van der Waals surface area contributed by atoms with E-state index in [9.17, 15) is 9.59 Å². The van der Waals surface area contributed by atoms with Crippen molar-refractivity contribution in [2.24, 2.45) is 0 Å². The van der Waals surface area contributed by atoms with E-state index in [0.29, 0.717) is 28.0 Å². The zero-order valence-electron chi connectivity index (χ0n) is 14.2. The van der Waals surface area contributed by atoms with Gasteiger partial charge in [0, 0.05) is 36.6 Å². The van der Waals surface area contributed by atoms with Gasteiger partial charge in [0.25, 0.3) is 5.91 Å². The van der Waals surface area contributed by atoms with Crippen molar-refractivity contribution in [2.45, 2.75) is 0 Å². The van der Waals surface area contributed by atoms with Crippen LogP contribution in [0.5, 0.6) is 0 Å². The number of aromatic nitrogens is 1. The number of benzene rings is 2. The fourth-order valence-corrected chi connectivity index (χ4v) is 2.46. The molecule has 7 heteroatoms. The van der Waals surface area contributed by atoms with E-state index in [1.807, 2.05) is 0 Å². The maximum atomic E-state index is 11.9. The minimum atomic E-state index is -0.0780. The van der Waals surface area contributed by atoms with Crippen molar-refractivity contribution in [1.29, 1.82) is 0 Å². The fourth-order valence-electron chi connectivity index (χ4n) is 2.30. The Hall–Kier alpha value is -3.12. The number of hydrogen-bond acceptors (Lipinski definition) is 5. The van der Waals surface area contributed by atoms with Crippen LogP contribution in [-0.2, 0) is 4.79 Å². The summed E-state index contributed by atoms with van der Waals surface area (Å²) in [5.74, 6) is 0.120. The number of halogens is 1. The topological polar surface area (TPSA) is 75.4 Å². The van der Waals surface area contributed by atoms with Crippen LogP contribution in [0.3, 0.4) is 0 Å². The number of nitrogens with one attached hydrogen (secondary N) is 1. The molecule has 0 fully saturated rings. The van der Waals surface area contributed by atoms with E-state index in [0.717, 1.165) is 5.69 Å². The van der Waals surface area contributed by atoms with Gasteiger partial charge in [0.15, 0.2) is 11.9 Å². The monoisotopic (exact) mass is 369 g/mol. The number of hydrogen-bond donors (Lipinski definition) is 1. The van der Waals surface area contributed by atoms with Gasteiger partial charge in [-0.15, -0.1) is 0 Å². The molecule has 132 valence electrons. The second-order valence-corrected chi connectivity index (χ2v) is 6.21. The Bertz CT molecular complexity index is 991. The lowest BCUT2D eigenvalue weighted by Crippen LogP contribution is -2.21. The van der Waals surface area contributed by atoms with E-state index in [4.69, 9.17) is 16.0 Å². The smallest absolute Gasteiger partial charge is 0.253 e. The molecule has 2 aromatic carbocycles. The predicted molar refractivity (Wildman–Crippen MR) is 101 cm³/mol. The molecule has 0 spiro atoms. The molecule has 0 bridgehead atoms. The lowest BCUT2D eigenvalue weighted by atomic mass is 10.2. The molecular weight excluding hydrogens is 354 g/mol. The summed E-state index contributed by atoms with van der Waals surface area (Å²) in [5.41, 5.74) is 2.68. The number of anilines is 1. The Balaban J connectivity index is 1.80. The van der Waals surface area contributed by atoms with E-state index in [1.165, 1.54) is 11.1 Å². The minimum Gasteiger partial charge on any atom is -0.436 e. The van der Waals surface area contributed by atoms with Gasteiger partial charge < -0.3 is 14.6 Å². The van der Waals surface area contributed by atoms with Crippen LogP contribution in [0.25, 0.3) is 16.7 Å². The lowest BCUT2D eigenvalue weighted by Gasteiger charge is -2.10. The van der Waals surface area contributed by atoms with Crippen LogP contribution in [0.2, 0.25) is 5.02 Å². The number of nitrogens with zero attached hydrogens (tertiary/aromatic N) is 2. The standard InChI is InChI=1S/C19H16ClN3O3/c1-23(2)19(25)12-3-6-15(7-4-12)21-10-13(11-24)18-22-16-9-14(20)5-8-17(16)26-18/h3-11,21H,1-2H3/b13-10+. The lowest BCUT2D eigenvalue weighted by molar-refractivity contribution is -0.103. The molecule has 0 atom stereocenters. The average molecular weight is 370 g/mol. The number of carbonyl (C=O) groups is 2. The number of allylic oxidation sites excluding steroid dienone is 1. The molecular formula is C19H16ClN3O3. The molecule has 0 aliphatic rings. The van der Waals surface area contributed by atoms with Crippen molar-refractivity contribution in [3.63, 3.8) is 0 Å². The molecule has 3 aromatic rings. The van der Waals surface area contributed by atoms with Gasteiger partial charge in [-0.05, 0) is 42.5 Å². The van der Waals surface area contributed by atoms with Crippen molar-refractivity contribution < 1.29 is 14.0 Å². The highest BCUT2D eigenvalue weighted by Gasteiger charge is 2.11. The van der Waals surface area contributed by atoms with Crippen LogP contribution < -0.4 is 5.32 Å². The first kappa shape index (κ1) is 17.7. The van der Waals surface area contributed by atoms with Gasteiger partial charge in [-0.25, -0.2) is 4.98 Å². The zero-order valence-corrected chi connectivity index (χ0v) is 14.9. The van der Waals surface area contributed by atoms with Gasteiger partial charge in [0.05, 0.1) is 5.57 Å². The Labute approximate surface area is 155 Å². The van der Waals surface area contributed by atoms with Crippen LogP contribution in [-0.4, -0.2) is 36.2 Å². The predicted octanol–water partition coefficient (Wildman–Crippen LogP) is 3.83. The summed E-state index contributed by atoms with van der Waals surface area (Å²) in [7, 11) is 3.39. The summed E-state index contributed by atoms with van der Waals surface area (Å²) < 4.78 is 5.58. The van der Waals surface area contributed by atoms with Crippen molar-refractivity contribution in [3.05, 3.63) is 65.1 Å². The summed E-state index contributed by atoms with van der Waals surface area (Å²) in [4.78, 5) is 29.1. The molecule has 1 N–H and O–H groups in total. The molecule has 26 heavy (non-hydrogen) atoms. The zero-order chi connectivity index (χ0) is 18.7. The maximum Gasteiger partial charge on any atom is 0.253 e. The van der Waals surface area contributed by atoms with Crippen LogP contribution >= 0.6 is 11.6 Å². The normalized spacial score (nSPS) is 11.4. The largest absolute Gasteiger partial charge is 0.436 e. The quantitative estimate of drug-likeness (QED) is 0.546. The van der Waals surface area contributed by atoms with E-state index < -0.39 is 0 Å². The fraction of sp³-hybridized carbons (Fsp3) is 0.105. The first-order valence-corrected chi connectivity index (χ1v) is 8.16. The van der Waals surface area contributed by atoms with Gasteiger partial charge in [-0.3, -0.25) is 9.59 Å². The van der Waals surface area contributed by atoms with Crippen LogP contribution in [0, 0.1) is 0 Å². The Morgan fingerprint density at radius 1 is 1.19 bits per heavy atom. The number of carbonyl (C=O) groups excluding carboxylic acids is 2. The van der Waals surface area contributed by atoms with Crippen molar-refractivity contribution in [3.8, 4) is 0 Å². The molecule has 3 rings (SSSR count). The first-order valence-electron chi connectivity index (χ1n) is 7.78. The molecule has 1 aromatic heterocycles. The summed E-state index contributed by atoms with van der Waals surface area (Å²) >= 11 is 5.93. The SMILES string of the molecule is CN(C)C(=O)c1ccc(N/C=C(\C=O)c2nc3cc(Cl)ccc3o2)cc1. The number of oxazole rings is 1. The number of fused-ring (bicyclic) bond motifs is 1. The van der Waals surface area contributed by atoms with Gasteiger partial charge in [0.2, 0.25) is 5.89 Å². The number of amides is 1. The molecule has 0 unspecified atom stereocenters. The van der Waals surface area contributed by atoms with Crippen LogP contribution in [0.15, 0.2) is 53.1 Å². The van der Waals surface area contributed by atoms with E-state index in [1.54, 1.807) is 56.6 Å². The van der Waals surface area contributed by atoms with Gasteiger partial charge >= 0.3 is 0 Å². The summed E-state index contributed by atoms with van der Waals surface area (Å²) in [6.45, 7) is 0. The van der Waals surface area contributed by atoms with E-state index in [-0.39, 0.29) is 17.4 Å². The molecule has 1 heterocycles. The van der Waals surface area contributed by atoms with Gasteiger partial charge in [0.1, 0.15) is 5.52 Å². The average Bonchev–Trinajstić information content (AvgIpc) is 3.05. The third kappa shape index (κ3) is 3.75. The molecule has 0 radical (unpaired) electrons. The van der Waals surface area contributed by atoms with E-state index in [2.05, 4.69) is 10.3 Å².